The molecule has 1 saturated heterocycles. The lowest BCUT2D eigenvalue weighted by molar-refractivity contribution is 0.0697. The van der Waals surface area contributed by atoms with E-state index in [0.29, 0.717) is 26.1 Å². The number of para-hydroxylation sites is 1. The Balaban J connectivity index is 2.05. The Kier molecular flexibility index (Phi) is 4.52. The molecule has 0 aliphatic carbocycles. The molecular formula is C13H15FN2O4. The van der Waals surface area contributed by atoms with E-state index < -0.39 is 17.8 Å². The highest BCUT2D eigenvalue weighted by Gasteiger charge is 2.19. The number of nitrogens with one attached hydrogen (secondary N) is 2. The molecule has 7 heteroatoms. The molecule has 1 fully saturated rings. The first-order valence-corrected chi connectivity index (χ1v) is 6.25. The van der Waals surface area contributed by atoms with Gasteiger partial charge in [0.2, 0.25) is 0 Å². The maximum Gasteiger partial charge on any atom is 0.337 e. The maximum atomic E-state index is 13.6. The molecule has 1 aliphatic heterocycles. The van der Waals surface area contributed by atoms with Gasteiger partial charge in [0, 0.05) is 19.3 Å². The van der Waals surface area contributed by atoms with E-state index >= 15 is 0 Å². The maximum absolute atomic E-state index is 13.6. The van der Waals surface area contributed by atoms with Crippen molar-refractivity contribution in [1.29, 1.82) is 0 Å². The van der Waals surface area contributed by atoms with Crippen molar-refractivity contribution in [2.45, 2.75) is 18.9 Å². The van der Waals surface area contributed by atoms with Crippen molar-refractivity contribution in [3.05, 3.63) is 29.6 Å². The summed E-state index contributed by atoms with van der Waals surface area (Å²) >= 11 is 0. The zero-order valence-electron chi connectivity index (χ0n) is 10.7. The minimum absolute atomic E-state index is 0.0520. The van der Waals surface area contributed by atoms with Crippen LogP contribution in [0.4, 0.5) is 14.9 Å². The molecule has 3 N–H and O–H groups in total. The first kappa shape index (κ1) is 14.3. The van der Waals surface area contributed by atoms with Crippen LogP contribution in [0.3, 0.4) is 0 Å². The molecule has 20 heavy (non-hydrogen) atoms. The molecule has 0 spiro atoms. The van der Waals surface area contributed by atoms with Gasteiger partial charge in [-0.2, -0.15) is 0 Å². The number of amides is 2. The summed E-state index contributed by atoms with van der Waals surface area (Å²) in [5.41, 5.74) is -0.614. The second-order valence-electron chi connectivity index (χ2n) is 4.45. The fourth-order valence-corrected chi connectivity index (χ4v) is 2.01. The number of aromatic carboxylic acids is 1. The van der Waals surface area contributed by atoms with Crippen molar-refractivity contribution in [1.82, 2.24) is 5.32 Å². The largest absolute Gasteiger partial charge is 0.478 e. The topological polar surface area (TPSA) is 87.7 Å². The highest BCUT2D eigenvalue weighted by atomic mass is 19.1. The predicted molar refractivity (Wildman–Crippen MR) is 69.4 cm³/mol. The van der Waals surface area contributed by atoms with Gasteiger partial charge in [0.15, 0.2) is 0 Å². The zero-order valence-corrected chi connectivity index (χ0v) is 10.7. The number of hydrogen-bond donors (Lipinski definition) is 3. The van der Waals surface area contributed by atoms with E-state index in [0.717, 1.165) is 6.07 Å². The van der Waals surface area contributed by atoms with E-state index in [1.54, 1.807) is 0 Å². The minimum Gasteiger partial charge on any atom is -0.478 e. The highest BCUT2D eigenvalue weighted by Crippen LogP contribution is 2.20. The van der Waals surface area contributed by atoms with Crippen LogP contribution in [0.2, 0.25) is 0 Å². The van der Waals surface area contributed by atoms with E-state index in [4.69, 9.17) is 9.84 Å². The predicted octanol–water partition coefficient (Wildman–Crippen LogP) is 1.82. The van der Waals surface area contributed by atoms with Crippen molar-refractivity contribution < 1.29 is 23.8 Å². The average molecular weight is 282 g/mol. The Morgan fingerprint density at radius 3 is 2.65 bits per heavy atom. The van der Waals surface area contributed by atoms with Gasteiger partial charge in [0.25, 0.3) is 0 Å². The summed E-state index contributed by atoms with van der Waals surface area (Å²) in [5.74, 6) is -2.09. The normalized spacial score (nSPS) is 15.7. The van der Waals surface area contributed by atoms with Gasteiger partial charge in [-0.15, -0.1) is 0 Å². The van der Waals surface area contributed by atoms with Crippen LogP contribution >= 0.6 is 0 Å². The third kappa shape index (κ3) is 3.45. The smallest absolute Gasteiger partial charge is 0.337 e. The molecule has 0 atom stereocenters. The number of ether oxygens (including phenoxy) is 1. The van der Waals surface area contributed by atoms with Crippen LogP contribution in [-0.4, -0.2) is 36.4 Å². The average Bonchev–Trinajstić information content (AvgIpc) is 2.42. The number of rotatable bonds is 3. The highest BCUT2D eigenvalue weighted by molar-refractivity contribution is 6.00. The summed E-state index contributed by atoms with van der Waals surface area (Å²) in [7, 11) is 0. The number of carboxylic acid groups (broad SMARTS) is 1. The van der Waals surface area contributed by atoms with Crippen molar-refractivity contribution >= 4 is 17.7 Å². The van der Waals surface area contributed by atoms with E-state index in [9.17, 15) is 14.0 Å². The van der Waals surface area contributed by atoms with Crippen LogP contribution in [0.25, 0.3) is 0 Å². The molecule has 0 radical (unpaired) electrons. The molecule has 1 aromatic rings. The number of halogens is 1. The van der Waals surface area contributed by atoms with Gasteiger partial charge in [-0.05, 0) is 25.0 Å². The fraction of sp³-hybridized carbons (Fsp3) is 0.385. The third-order valence-electron chi connectivity index (χ3n) is 3.04. The van der Waals surface area contributed by atoms with Crippen molar-refractivity contribution in [3.63, 3.8) is 0 Å². The molecule has 0 aromatic heterocycles. The molecule has 0 bridgehead atoms. The van der Waals surface area contributed by atoms with E-state index in [1.807, 2.05) is 0 Å². The molecular weight excluding hydrogens is 267 g/mol. The van der Waals surface area contributed by atoms with Crippen LogP contribution < -0.4 is 10.6 Å². The molecule has 6 nitrogen and oxygen atoms in total. The first-order chi connectivity index (χ1) is 9.58. The van der Waals surface area contributed by atoms with Crippen molar-refractivity contribution in [3.8, 4) is 0 Å². The summed E-state index contributed by atoms with van der Waals surface area (Å²) in [6, 6.07) is 2.93. The standard InChI is InChI=1S/C13H15FN2O4/c14-10-3-1-2-9(12(17)18)11(10)16-13(19)15-8-4-6-20-7-5-8/h1-3,8H,4-7H2,(H,17,18)(H2,15,16,19). The van der Waals surface area contributed by atoms with Gasteiger partial charge in [-0.1, -0.05) is 6.07 Å². The van der Waals surface area contributed by atoms with Gasteiger partial charge in [-0.25, -0.2) is 14.0 Å². The number of anilines is 1. The van der Waals surface area contributed by atoms with Gasteiger partial charge in [0.05, 0.1) is 11.3 Å². The Morgan fingerprint density at radius 2 is 2.00 bits per heavy atom. The summed E-state index contributed by atoms with van der Waals surface area (Å²) in [4.78, 5) is 22.8. The van der Waals surface area contributed by atoms with Crippen LogP contribution in [0.1, 0.15) is 23.2 Å². The molecule has 2 amide bonds. The zero-order chi connectivity index (χ0) is 14.5. The van der Waals surface area contributed by atoms with Crippen LogP contribution in [0.15, 0.2) is 18.2 Å². The van der Waals surface area contributed by atoms with E-state index in [-0.39, 0.29) is 17.3 Å². The lowest BCUT2D eigenvalue weighted by Crippen LogP contribution is -2.41. The first-order valence-electron chi connectivity index (χ1n) is 6.25. The molecule has 0 saturated carbocycles. The van der Waals surface area contributed by atoms with Crippen molar-refractivity contribution in [2.75, 3.05) is 18.5 Å². The second kappa shape index (κ2) is 6.33. The number of urea groups is 1. The van der Waals surface area contributed by atoms with Crippen molar-refractivity contribution in [2.24, 2.45) is 0 Å². The van der Waals surface area contributed by atoms with E-state index in [1.165, 1.54) is 12.1 Å². The Morgan fingerprint density at radius 1 is 1.30 bits per heavy atom. The Bertz CT molecular complexity index is 515. The molecule has 2 rings (SSSR count). The molecule has 1 aliphatic rings. The van der Waals surface area contributed by atoms with E-state index in [2.05, 4.69) is 10.6 Å². The van der Waals surface area contributed by atoms with Gasteiger partial charge < -0.3 is 20.5 Å². The number of carbonyl (C=O) groups excluding carboxylic acids is 1. The number of carbonyl (C=O) groups is 2. The Hall–Kier alpha value is -2.15. The molecule has 1 aromatic carbocycles. The summed E-state index contributed by atoms with van der Waals surface area (Å²) in [6.45, 7) is 1.12. The second-order valence-corrected chi connectivity index (χ2v) is 4.45. The Labute approximate surface area is 114 Å². The fourth-order valence-electron chi connectivity index (χ4n) is 2.01. The van der Waals surface area contributed by atoms with Crippen LogP contribution in [-0.2, 0) is 4.74 Å². The quantitative estimate of drug-likeness (QED) is 0.789. The SMILES string of the molecule is O=C(Nc1c(F)cccc1C(=O)O)NC1CCOCC1. The lowest BCUT2D eigenvalue weighted by atomic mass is 10.1. The monoisotopic (exact) mass is 282 g/mol. The van der Waals surface area contributed by atoms with Gasteiger partial charge >= 0.3 is 12.0 Å². The summed E-state index contributed by atoms with van der Waals surface area (Å²) < 4.78 is 18.8. The minimum atomic E-state index is -1.30. The van der Waals surface area contributed by atoms with Gasteiger partial charge in [-0.3, -0.25) is 0 Å². The lowest BCUT2D eigenvalue weighted by Gasteiger charge is -2.23. The molecule has 0 unspecified atom stereocenters. The van der Waals surface area contributed by atoms with Crippen LogP contribution in [0, 0.1) is 5.82 Å². The van der Waals surface area contributed by atoms with Gasteiger partial charge in [0.1, 0.15) is 5.82 Å². The number of carboxylic acids is 1. The summed E-state index contributed by atoms with van der Waals surface area (Å²) in [5, 5.41) is 13.9. The summed E-state index contributed by atoms with van der Waals surface area (Å²) in [6.07, 6.45) is 1.35. The third-order valence-corrected chi connectivity index (χ3v) is 3.04. The number of hydrogen-bond acceptors (Lipinski definition) is 3. The number of benzene rings is 1. The molecule has 1 heterocycles. The molecule has 108 valence electrons. The van der Waals surface area contributed by atoms with Crippen LogP contribution in [0.5, 0.6) is 0 Å².